The zero-order chi connectivity index (χ0) is 22.0. The molecule has 31 heavy (non-hydrogen) atoms. The molecule has 160 valence electrons. The lowest BCUT2D eigenvalue weighted by Gasteiger charge is -2.17. The van der Waals surface area contributed by atoms with Crippen molar-refractivity contribution in [1.82, 2.24) is 5.32 Å². The summed E-state index contributed by atoms with van der Waals surface area (Å²) >= 11 is 0. The fraction of sp³-hybridized carbons (Fsp3) is 0.240. The highest BCUT2D eigenvalue weighted by atomic mass is 32.2. The van der Waals surface area contributed by atoms with Crippen LogP contribution < -0.4 is 10.0 Å². The summed E-state index contributed by atoms with van der Waals surface area (Å²) in [6, 6.07) is 19.5. The van der Waals surface area contributed by atoms with Crippen LogP contribution in [-0.4, -0.2) is 14.3 Å². The maximum Gasteiger partial charge on any atom is 0.261 e. The van der Waals surface area contributed by atoms with Crippen molar-refractivity contribution in [3.63, 3.8) is 0 Å². The molecule has 4 rings (SSSR count). The molecular formula is C25H26N2O3S. The second-order valence-corrected chi connectivity index (χ2v) is 9.71. The number of rotatable bonds is 6. The van der Waals surface area contributed by atoms with Crippen LogP contribution in [0.5, 0.6) is 0 Å². The van der Waals surface area contributed by atoms with Gasteiger partial charge in [0.05, 0.1) is 16.6 Å². The van der Waals surface area contributed by atoms with Gasteiger partial charge < -0.3 is 5.32 Å². The van der Waals surface area contributed by atoms with E-state index >= 15 is 0 Å². The highest BCUT2D eigenvalue weighted by molar-refractivity contribution is 7.92. The molecule has 3 aromatic rings. The molecule has 3 aromatic carbocycles. The van der Waals surface area contributed by atoms with E-state index in [1.54, 1.807) is 55.5 Å². The van der Waals surface area contributed by atoms with E-state index in [1.807, 2.05) is 6.92 Å². The Bertz CT molecular complexity index is 1220. The summed E-state index contributed by atoms with van der Waals surface area (Å²) < 4.78 is 27.7. The lowest BCUT2D eigenvalue weighted by molar-refractivity contribution is 0.0940. The second-order valence-electron chi connectivity index (χ2n) is 8.03. The maximum absolute atomic E-state index is 12.8. The molecule has 0 spiro atoms. The van der Waals surface area contributed by atoms with Gasteiger partial charge in [0.2, 0.25) is 0 Å². The van der Waals surface area contributed by atoms with Gasteiger partial charge in [-0.15, -0.1) is 0 Å². The third-order valence-electron chi connectivity index (χ3n) is 5.76. The average Bonchev–Trinajstić information content (AvgIpc) is 3.23. The van der Waals surface area contributed by atoms with Gasteiger partial charge in [-0.25, -0.2) is 8.42 Å². The van der Waals surface area contributed by atoms with Crippen LogP contribution in [0, 0.1) is 6.92 Å². The number of amides is 1. The monoisotopic (exact) mass is 434 g/mol. The maximum atomic E-state index is 12.8. The van der Waals surface area contributed by atoms with Crippen LogP contribution in [0.25, 0.3) is 0 Å². The van der Waals surface area contributed by atoms with E-state index in [-0.39, 0.29) is 16.8 Å². The van der Waals surface area contributed by atoms with E-state index in [1.165, 1.54) is 17.5 Å². The van der Waals surface area contributed by atoms with E-state index in [4.69, 9.17) is 0 Å². The molecule has 1 aliphatic rings. The first kappa shape index (κ1) is 21.1. The number of aryl methyl sites for hydroxylation is 3. The van der Waals surface area contributed by atoms with Gasteiger partial charge in [0.1, 0.15) is 0 Å². The topological polar surface area (TPSA) is 75.3 Å². The number of nitrogens with one attached hydrogen (secondary N) is 2. The smallest absolute Gasteiger partial charge is 0.261 e. The number of anilines is 1. The number of carbonyl (C=O) groups excluding carboxylic acids is 1. The lowest BCUT2D eigenvalue weighted by atomic mass is 10.0. The number of fused-ring (bicyclic) bond motifs is 1. The number of hydrogen-bond donors (Lipinski definition) is 2. The van der Waals surface area contributed by atoms with Crippen molar-refractivity contribution in [2.24, 2.45) is 0 Å². The van der Waals surface area contributed by atoms with Crippen molar-refractivity contribution in [2.75, 3.05) is 4.72 Å². The lowest BCUT2D eigenvalue weighted by Crippen LogP contribution is -2.27. The van der Waals surface area contributed by atoms with Crippen molar-refractivity contribution in [2.45, 2.75) is 44.0 Å². The summed E-state index contributed by atoms with van der Waals surface area (Å²) in [7, 11) is -3.68. The largest absolute Gasteiger partial charge is 0.346 e. The van der Waals surface area contributed by atoms with Gasteiger partial charge in [-0.1, -0.05) is 36.4 Å². The van der Waals surface area contributed by atoms with E-state index in [2.05, 4.69) is 28.2 Å². The molecule has 2 N–H and O–H groups in total. The van der Waals surface area contributed by atoms with Crippen LogP contribution in [0.2, 0.25) is 0 Å². The van der Waals surface area contributed by atoms with E-state index in [0.717, 1.165) is 18.4 Å². The summed E-state index contributed by atoms with van der Waals surface area (Å²) in [5.41, 5.74) is 5.51. The van der Waals surface area contributed by atoms with Crippen LogP contribution in [0.15, 0.2) is 71.6 Å². The number of carbonyl (C=O) groups is 1. The van der Waals surface area contributed by atoms with E-state index < -0.39 is 10.0 Å². The summed E-state index contributed by atoms with van der Waals surface area (Å²) in [5, 5.41) is 3.05. The van der Waals surface area contributed by atoms with Crippen LogP contribution in [0.1, 0.15) is 52.0 Å². The van der Waals surface area contributed by atoms with Gasteiger partial charge in [0.15, 0.2) is 0 Å². The van der Waals surface area contributed by atoms with Gasteiger partial charge >= 0.3 is 0 Å². The molecule has 0 aliphatic heterocycles. The molecule has 0 aromatic heterocycles. The fourth-order valence-corrected chi connectivity index (χ4v) is 5.10. The predicted molar refractivity (Wildman–Crippen MR) is 123 cm³/mol. The third kappa shape index (κ3) is 4.64. The molecular weight excluding hydrogens is 408 g/mol. The molecule has 0 bridgehead atoms. The van der Waals surface area contributed by atoms with Gasteiger partial charge in [0, 0.05) is 5.56 Å². The fourth-order valence-electron chi connectivity index (χ4n) is 3.95. The zero-order valence-corrected chi connectivity index (χ0v) is 18.5. The summed E-state index contributed by atoms with van der Waals surface area (Å²) in [4.78, 5) is 13.0. The first-order valence-corrected chi connectivity index (χ1v) is 11.9. The van der Waals surface area contributed by atoms with Gasteiger partial charge in [-0.2, -0.15) is 0 Å². The molecule has 1 amide bonds. The third-order valence-corrected chi connectivity index (χ3v) is 7.14. The predicted octanol–water partition coefficient (Wildman–Crippen LogP) is 4.78. The van der Waals surface area contributed by atoms with Crippen molar-refractivity contribution in [3.8, 4) is 0 Å². The molecule has 5 nitrogen and oxygen atoms in total. The van der Waals surface area contributed by atoms with Crippen molar-refractivity contribution in [3.05, 3.63) is 94.5 Å². The minimum absolute atomic E-state index is 0.116. The Labute approximate surface area is 183 Å². The Balaban J connectivity index is 1.46. The molecule has 0 saturated carbocycles. The molecule has 0 radical (unpaired) electrons. The first-order valence-electron chi connectivity index (χ1n) is 10.4. The van der Waals surface area contributed by atoms with Gasteiger partial charge in [-0.3, -0.25) is 9.52 Å². The Morgan fingerprint density at radius 2 is 1.68 bits per heavy atom. The van der Waals surface area contributed by atoms with Crippen molar-refractivity contribution < 1.29 is 13.2 Å². The molecule has 0 heterocycles. The molecule has 1 atom stereocenters. The van der Waals surface area contributed by atoms with E-state index in [9.17, 15) is 13.2 Å². The molecule has 0 fully saturated rings. The minimum Gasteiger partial charge on any atom is -0.346 e. The second kappa shape index (κ2) is 8.55. The average molecular weight is 435 g/mol. The van der Waals surface area contributed by atoms with Crippen molar-refractivity contribution in [1.29, 1.82) is 0 Å². The van der Waals surface area contributed by atoms with Crippen LogP contribution in [0.3, 0.4) is 0 Å². The van der Waals surface area contributed by atoms with Crippen LogP contribution >= 0.6 is 0 Å². The molecule has 6 heteroatoms. The van der Waals surface area contributed by atoms with E-state index in [0.29, 0.717) is 16.8 Å². The Hall–Kier alpha value is -3.12. The number of sulfonamides is 1. The Morgan fingerprint density at radius 3 is 2.42 bits per heavy atom. The Kier molecular flexibility index (Phi) is 5.83. The molecule has 0 unspecified atom stereocenters. The van der Waals surface area contributed by atoms with Crippen LogP contribution in [-0.2, 0) is 22.9 Å². The summed E-state index contributed by atoms with van der Waals surface area (Å²) in [6.45, 7) is 3.76. The first-order chi connectivity index (χ1) is 14.8. The number of benzene rings is 3. The normalized spacial score (nSPS) is 14.0. The van der Waals surface area contributed by atoms with Crippen molar-refractivity contribution >= 4 is 21.6 Å². The Morgan fingerprint density at radius 1 is 0.935 bits per heavy atom. The van der Waals surface area contributed by atoms with Crippen LogP contribution in [0.4, 0.5) is 5.69 Å². The standard InChI is InChI=1S/C25H26N2O3S/c1-17-15-22(13-14-24(17)27-31(29,30)23-9-4-3-5-10-23)25(28)26-18(2)20-12-11-19-7-6-8-21(19)16-20/h3-5,9-16,18,27H,6-8H2,1-2H3,(H,26,28)/t18-/m0/s1. The summed E-state index contributed by atoms with van der Waals surface area (Å²) in [5.74, 6) is -0.187. The molecule has 1 aliphatic carbocycles. The SMILES string of the molecule is Cc1cc(C(=O)N[C@@H](C)c2ccc3c(c2)CCC3)ccc1NS(=O)(=O)c1ccccc1. The highest BCUT2D eigenvalue weighted by Crippen LogP contribution is 2.26. The number of hydrogen-bond acceptors (Lipinski definition) is 3. The molecule has 0 saturated heterocycles. The quantitative estimate of drug-likeness (QED) is 0.586. The highest BCUT2D eigenvalue weighted by Gasteiger charge is 2.18. The van der Waals surface area contributed by atoms with Gasteiger partial charge in [0.25, 0.3) is 15.9 Å². The van der Waals surface area contributed by atoms with Gasteiger partial charge in [-0.05, 0) is 85.7 Å². The summed E-state index contributed by atoms with van der Waals surface area (Å²) in [6.07, 6.45) is 3.43. The zero-order valence-electron chi connectivity index (χ0n) is 17.7. The minimum atomic E-state index is -3.68.